The fourth-order valence-corrected chi connectivity index (χ4v) is 1.47. The van der Waals surface area contributed by atoms with Crippen LogP contribution in [0.15, 0.2) is 24.3 Å². The lowest BCUT2D eigenvalue weighted by Gasteiger charge is -2.07. The van der Waals surface area contributed by atoms with Crippen molar-refractivity contribution in [2.75, 3.05) is 0 Å². The Hall–Kier alpha value is -0.455. The van der Waals surface area contributed by atoms with Crippen molar-refractivity contribution in [2.45, 2.75) is 38.3 Å². The van der Waals surface area contributed by atoms with Crippen LogP contribution in [0.3, 0.4) is 0 Å². The Bertz CT molecular complexity index is 135. The van der Waals surface area contributed by atoms with Crippen LogP contribution in [0.5, 0.6) is 0 Å². The maximum atomic E-state index is 2.34. The van der Waals surface area contributed by atoms with Gasteiger partial charge in [-0.1, -0.05) is 50.4 Å². The van der Waals surface area contributed by atoms with Gasteiger partial charge in [-0.3, -0.25) is 0 Å². The molecular formula is C10H17B. The topological polar surface area (TPSA) is 0 Å². The van der Waals surface area contributed by atoms with Crippen molar-refractivity contribution in [1.29, 1.82) is 0 Å². The van der Waals surface area contributed by atoms with Crippen LogP contribution in [0.2, 0.25) is 12.1 Å². The van der Waals surface area contributed by atoms with Crippen molar-refractivity contribution in [3.05, 3.63) is 24.3 Å². The second-order valence-corrected chi connectivity index (χ2v) is 3.25. The Morgan fingerprint density at radius 3 is 2.73 bits per heavy atom. The molecule has 0 radical (unpaired) electrons. The zero-order valence-electron chi connectivity index (χ0n) is 7.42. The predicted molar refractivity (Wildman–Crippen MR) is 53.5 cm³/mol. The van der Waals surface area contributed by atoms with Crippen LogP contribution in [0.1, 0.15) is 26.2 Å². The van der Waals surface area contributed by atoms with Crippen molar-refractivity contribution in [2.24, 2.45) is 0 Å². The Balaban J connectivity index is 2.10. The third kappa shape index (κ3) is 3.45. The highest BCUT2D eigenvalue weighted by atomic mass is 13.9. The van der Waals surface area contributed by atoms with Gasteiger partial charge in [0.1, 0.15) is 7.28 Å². The minimum atomic E-state index is 0.746. The largest absolute Gasteiger partial charge is 0.133 e. The Labute approximate surface area is 70.6 Å². The zero-order chi connectivity index (χ0) is 7.94. The molecule has 0 spiro atoms. The molecule has 0 amide bonds. The maximum Gasteiger partial charge on any atom is 0.133 e. The van der Waals surface area contributed by atoms with E-state index in [1.807, 2.05) is 0 Å². The Morgan fingerprint density at radius 1 is 1.36 bits per heavy atom. The van der Waals surface area contributed by atoms with E-state index < -0.39 is 0 Å². The van der Waals surface area contributed by atoms with Gasteiger partial charge >= 0.3 is 0 Å². The quantitative estimate of drug-likeness (QED) is 0.326. The molecule has 0 aliphatic heterocycles. The normalized spacial score (nSPS) is 17.2. The number of hydrogen-bond donors (Lipinski definition) is 0. The minimum Gasteiger partial charge on any atom is -0.0890 e. The lowest BCUT2D eigenvalue weighted by atomic mass is 9.60. The highest BCUT2D eigenvalue weighted by molar-refractivity contribution is 6.39. The second-order valence-electron chi connectivity index (χ2n) is 3.25. The molecule has 0 atom stereocenters. The van der Waals surface area contributed by atoms with Crippen molar-refractivity contribution in [1.82, 2.24) is 0 Å². The summed E-state index contributed by atoms with van der Waals surface area (Å²) in [6.45, 7) is 2.26. The smallest absolute Gasteiger partial charge is 0.0890 e. The molecule has 0 saturated heterocycles. The summed E-state index contributed by atoms with van der Waals surface area (Å²) in [6.07, 6.45) is 14.5. The van der Waals surface area contributed by atoms with Gasteiger partial charge in [0.15, 0.2) is 0 Å². The minimum absolute atomic E-state index is 0.746. The number of hydrogen-bond acceptors (Lipinski definition) is 0. The molecule has 0 fully saturated rings. The fourth-order valence-electron chi connectivity index (χ4n) is 1.47. The van der Waals surface area contributed by atoms with Gasteiger partial charge < -0.3 is 0 Å². The summed E-state index contributed by atoms with van der Waals surface area (Å²) in [5, 5.41) is 0. The fraction of sp³-hybridized carbons (Fsp3) is 0.600. The summed E-state index contributed by atoms with van der Waals surface area (Å²) in [5.41, 5.74) is 0. The van der Waals surface area contributed by atoms with Gasteiger partial charge in [0.05, 0.1) is 0 Å². The summed E-state index contributed by atoms with van der Waals surface area (Å²) in [6, 6.07) is 0. The van der Waals surface area contributed by atoms with Crippen LogP contribution in [-0.4, -0.2) is 7.28 Å². The van der Waals surface area contributed by atoms with Crippen LogP contribution in [-0.2, 0) is 0 Å². The van der Waals surface area contributed by atoms with Crippen LogP contribution >= 0.6 is 0 Å². The van der Waals surface area contributed by atoms with Crippen molar-refractivity contribution < 1.29 is 0 Å². The van der Waals surface area contributed by atoms with E-state index in [-0.39, 0.29) is 0 Å². The molecule has 60 valence electrons. The number of unbranched alkanes of at least 4 members (excludes halogenated alkanes) is 1. The van der Waals surface area contributed by atoms with Gasteiger partial charge in [0.2, 0.25) is 0 Å². The molecule has 0 bridgehead atoms. The Kier molecular flexibility index (Phi) is 4.11. The SMILES string of the molecule is CCCCBC1C=CCC=C1. The first-order valence-corrected chi connectivity index (χ1v) is 4.77. The molecule has 0 aromatic carbocycles. The summed E-state index contributed by atoms with van der Waals surface area (Å²) < 4.78 is 0. The first-order chi connectivity index (χ1) is 5.43. The van der Waals surface area contributed by atoms with Gasteiger partial charge in [-0.05, 0) is 12.2 Å². The van der Waals surface area contributed by atoms with E-state index >= 15 is 0 Å². The van der Waals surface area contributed by atoms with Gasteiger partial charge in [-0.25, -0.2) is 0 Å². The molecule has 0 N–H and O–H groups in total. The van der Waals surface area contributed by atoms with E-state index in [1.54, 1.807) is 0 Å². The number of allylic oxidation sites excluding steroid dienone is 4. The van der Waals surface area contributed by atoms with Crippen molar-refractivity contribution >= 4 is 7.28 Å². The summed E-state index contributed by atoms with van der Waals surface area (Å²) >= 11 is 0. The van der Waals surface area contributed by atoms with Gasteiger partial charge in [-0.15, -0.1) is 0 Å². The average molecular weight is 148 g/mol. The average Bonchev–Trinajstić information content (AvgIpc) is 2.07. The molecule has 1 heteroatoms. The second kappa shape index (κ2) is 5.23. The predicted octanol–water partition coefficient (Wildman–Crippen LogP) is 2.95. The molecule has 1 aliphatic carbocycles. The van der Waals surface area contributed by atoms with E-state index in [4.69, 9.17) is 0 Å². The first-order valence-electron chi connectivity index (χ1n) is 4.77. The molecule has 0 nitrogen and oxygen atoms in total. The molecule has 1 rings (SSSR count). The van der Waals surface area contributed by atoms with Crippen molar-refractivity contribution in [3.63, 3.8) is 0 Å². The molecule has 11 heavy (non-hydrogen) atoms. The molecule has 0 heterocycles. The standard InChI is InChI=1S/C10H17B/c1-2-3-9-11-10-7-5-4-6-8-10/h5-8,10-11H,2-4,9H2,1H3. The van der Waals surface area contributed by atoms with Crippen molar-refractivity contribution in [3.8, 4) is 0 Å². The maximum absolute atomic E-state index is 2.34. The zero-order valence-corrected chi connectivity index (χ0v) is 7.42. The summed E-state index contributed by atoms with van der Waals surface area (Å²) in [5.74, 6) is 0.746. The van der Waals surface area contributed by atoms with E-state index in [0.29, 0.717) is 0 Å². The van der Waals surface area contributed by atoms with E-state index in [9.17, 15) is 0 Å². The van der Waals surface area contributed by atoms with Gasteiger partial charge in [-0.2, -0.15) is 0 Å². The lowest BCUT2D eigenvalue weighted by Crippen LogP contribution is -1.99. The lowest BCUT2D eigenvalue weighted by molar-refractivity contribution is 0.875. The van der Waals surface area contributed by atoms with Crippen LogP contribution in [0.4, 0.5) is 0 Å². The third-order valence-electron chi connectivity index (χ3n) is 2.18. The third-order valence-corrected chi connectivity index (χ3v) is 2.18. The van der Waals surface area contributed by atoms with Gasteiger partial charge in [0, 0.05) is 0 Å². The Morgan fingerprint density at radius 2 is 2.09 bits per heavy atom. The first kappa shape index (κ1) is 8.64. The molecule has 0 aromatic rings. The van der Waals surface area contributed by atoms with Crippen LogP contribution < -0.4 is 0 Å². The van der Waals surface area contributed by atoms with E-state index in [2.05, 4.69) is 31.2 Å². The van der Waals surface area contributed by atoms with E-state index in [0.717, 1.165) is 12.2 Å². The highest BCUT2D eigenvalue weighted by Gasteiger charge is 2.03. The van der Waals surface area contributed by atoms with Gasteiger partial charge in [0.25, 0.3) is 0 Å². The summed E-state index contributed by atoms with van der Waals surface area (Å²) in [7, 11) is 1.35. The monoisotopic (exact) mass is 148 g/mol. The van der Waals surface area contributed by atoms with E-state index in [1.165, 1.54) is 26.4 Å². The molecular weight excluding hydrogens is 131 g/mol. The molecule has 0 unspecified atom stereocenters. The van der Waals surface area contributed by atoms with Crippen LogP contribution in [0, 0.1) is 0 Å². The van der Waals surface area contributed by atoms with Crippen LogP contribution in [0.25, 0.3) is 0 Å². The number of rotatable bonds is 4. The highest BCUT2D eigenvalue weighted by Crippen LogP contribution is 2.15. The summed E-state index contributed by atoms with van der Waals surface area (Å²) in [4.78, 5) is 0. The molecule has 0 aromatic heterocycles. The molecule has 0 saturated carbocycles. The molecule has 1 aliphatic rings.